The predicted octanol–water partition coefficient (Wildman–Crippen LogP) is 6.35. The largest absolute Gasteiger partial charge is 0.396 e. The molecule has 0 aliphatic carbocycles. The number of unbranched alkanes of at least 4 members (excludes halogenated alkanes) is 14. The maximum absolute atomic E-state index is 8.86. The van der Waals surface area contributed by atoms with Crippen molar-refractivity contribution in [2.24, 2.45) is 5.92 Å². The van der Waals surface area contributed by atoms with Crippen molar-refractivity contribution in [3.05, 3.63) is 0 Å². The van der Waals surface area contributed by atoms with Gasteiger partial charge in [-0.15, -0.1) is 0 Å². The molecule has 1 rings (SSSR count). The first-order chi connectivity index (χ1) is 16.9. The summed E-state index contributed by atoms with van der Waals surface area (Å²) in [5.41, 5.74) is 0. The number of rotatable bonds is 26. The molecule has 0 amide bonds. The number of aliphatic hydroxyl groups excluding tert-OH is 2. The molecule has 2 N–H and O–H groups in total. The summed E-state index contributed by atoms with van der Waals surface area (Å²) in [5, 5.41) is 17.7. The normalized spacial score (nSPS) is 14.9. The van der Waals surface area contributed by atoms with Crippen LogP contribution in [-0.2, 0) is 9.47 Å². The lowest BCUT2D eigenvalue weighted by atomic mass is 9.94. The molecular formula is C29H59NO4. The molecule has 5 nitrogen and oxygen atoms in total. The smallest absolute Gasteiger partial charge is 0.0594 e. The first kappa shape index (κ1) is 31.8. The maximum atomic E-state index is 8.86. The minimum atomic E-state index is 0.349. The van der Waals surface area contributed by atoms with Gasteiger partial charge in [0.25, 0.3) is 0 Å². The Bertz CT molecular complexity index is 368. The summed E-state index contributed by atoms with van der Waals surface area (Å²) < 4.78 is 11.6. The van der Waals surface area contributed by atoms with Crippen LogP contribution in [0.4, 0.5) is 0 Å². The van der Waals surface area contributed by atoms with Crippen molar-refractivity contribution >= 4 is 0 Å². The highest BCUT2D eigenvalue weighted by Crippen LogP contribution is 2.20. The minimum Gasteiger partial charge on any atom is -0.396 e. The van der Waals surface area contributed by atoms with Crippen LogP contribution in [-0.4, -0.2) is 74.4 Å². The Morgan fingerprint density at radius 1 is 0.588 bits per heavy atom. The van der Waals surface area contributed by atoms with Crippen molar-refractivity contribution in [3.8, 4) is 0 Å². The lowest BCUT2D eigenvalue weighted by Crippen LogP contribution is -2.37. The van der Waals surface area contributed by atoms with Crippen LogP contribution in [0.3, 0.4) is 0 Å². The summed E-state index contributed by atoms with van der Waals surface area (Å²) >= 11 is 0. The van der Waals surface area contributed by atoms with Gasteiger partial charge in [-0.25, -0.2) is 0 Å². The van der Waals surface area contributed by atoms with Gasteiger partial charge in [0.15, 0.2) is 0 Å². The van der Waals surface area contributed by atoms with Crippen molar-refractivity contribution < 1.29 is 19.7 Å². The Morgan fingerprint density at radius 2 is 1.03 bits per heavy atom. The molecule has 0 bridgehead atoms. The third-order valence-corrected chi connectivity index (χ3v) is 7.26. The van der Waals surface area contributed by atoms with Crippen molar-refractivity contribution in [2.75, 3.05) is 59.3 Å². The minimum absolute atomic E-state index is 0.349. The number of nitrogens with zero attached hydrogens (tertiary/aromatic N) is 1. The molecule has 0 aromatic heterocycles. The van der Waals surface area contributed by atoms with Gasteiger partial charge in [-0.3, -0.25) is 4.90 Å². The number of morpholine rings is 1. The quantitative estimate of drug-likeness (QED) is 0.140. The summed E-state index contributed by atoms with van der Waals surface area (Å²) in [6.45, 7) is 7.60. The summed E-state index contributed by atoms with van der Waals surface area (Å²) in [6.07, 6.45) is 24.2. The highest BCUT2D eigenvalue weighted by Gasteiger charge is 2.11. The van der Waals surface area contributed by atoms with E-state index in [9.17, 15) is 0 Å². The average Bonchev–Trinajstić information content (AvgIpc) is 2.86. The second-order valence-corrected chi connectivity index (χ2v) is 10.4. The van der Waals surface area contributed by atoms with Crippen LogP contribution in [0, 0.1) is 5.92 Å². The van der Waals surface area contributed by atoms with E-state index >= 15 is 0 Å². The van der Waals surface area contributed by atoms with E-state index in [2.05, 4.69) is 4.90 Å². The third kappa shape index (κ3) is 21.1. The maximum Gasteiger partial charge on any atom is 0.0594 e. The fourth-order valence-electron chi connectivity index (χ4n) is 4.99. The third-order valence-electron chi connectivity index (χ3n) is 7.26. The fourth-order valence-corrected chi connectivity index (χ4v) is 4.99. The van der Waals surface area contributed by atoms with Crippen LogP contribution in [0.5, 0.6) is 0 Å². The molecule has 0 unspecified atom stereocenters. The second kappa shape index (κ2) is 25.9. The number of hydrogen-bond acceptors (Lipinski definition) is 5. The Morgan fingerprint density at radius 3 is 1.50 bits per heavy atom. The van der Waals surface area contributed by atoms with E-state index in [-0.39, 0.29) is 0 Å². The molecule has 0 radical (unpaired) electrons. The van der Waals surface area contributed by atoms with Crippen LogP contribution < -0.4 is 0 Å². The van der Waals surface area contributed by atoms with E-state index < -0.39 is 0 Å². The van der Waals surface area contributed by atoms with Crippen LogP contribution in [0.1, 0.15) is 122 Å². The van der Waals surface area contributed by atoms with E-state index in [4.69, 9.17) is 19.7 Å². The Balaban J connectivity index is 2.09. The summed E-state index contributed by atoms with van der Waals surface area (Å²) in [7, 11) is 0. The Hall–Kier alpha value is -0.200. The molecule has 0 spiro atoms. The van der Waals surface area contributed by atoms with Crippen molar-refractivity contribution in [2.45, 2.75) is 122 Å². The predicted molar refractivity (Wildman–Crippen MR) is 143 cm³/mol. The van der Waals surface area contributed by atoms with Crippen LogP contribution in [0.25, 0.3) is 0 Å². The Kier molecular flexibility index (Phi) is 24.2. The van der Waals surface area contributed by atoms with E-state index in [1.807, 2.05) is 0 Å². The van der Waals surface area contributed by atoms with Crippen molar-refractivity contribution in [1.29, 1.82) is 0 Å². The molecule has 5 heteroatoms. The van der Waals surface area contributed by atoms with Gasteiger partial charge in [0.1, 0.15) is 0 Å². The number of ether oxygens (including phenoxy) is 2. The van der Waals surface area contributed by atoms with Gasteiger partial charge in [-0.1, -0.05) is 89.9 Å². The molecule has 1 fully saturated rings. The lowest BCUT2D eigenvalue weighted by Gasteiger charge is -2.26. The van der Waals surface area contributed by atoms with Gasteiger partial charge in [0, 0.05) is 46.1 Å². The molecule has 0 aromatic rings. The average molecular weight is 486 g/mol. The zero-order chi connectivity index (χ0) is 24.4. The highest BCUT2D eigenvalue weighted by atomic mass is 16.5. The molecule has 34 heavy (non-hydrogen) atoms. The first-order valence-electron chi connectivity index (χ1n) is 15.0. The van der Waals surface area contributed by atoms with Crippen molar-refractivity contribution in [1.82, 2.24) is 4.90 Å². The van der Waals surface area contributed by atoms with Gasteiger partial charge >= 0.3 is 0 Å². The molecule has 1 heterocycles. The molecule has 0 saturated carbocycles. The Labute approximate surface area is 212 Å². The van der Waals surface area contributed by atoms with Gasteiger partial charge < -0.3 is 19.7 Å². The monoisotopic (exact) mass is 485 g/mol. The van der Waals surface area contributed by atoms with Crippen LogP contribution in [0.15, 0.2) is 0 Å². The molecule has 0 aromatic carbocycles. The van der Waals surface area contributed by atoms with Crippen LogP contribution >= 0.6 is 0 Å². The molecule has 1 aliphatic heterocycles. The number of hydrogen-bond donors (Lipinski definition) is 2. The van der Waals surface area contributed by atoms with Gasteiger partial charge in [-0.2, -0.15) is 0 Å². The molecule has 1 aliphatic rings. The van der Waals surface area contributed by atoms with E-state index in [0.717, 1.165) is 71.2 Å². The van der Waals surface area contributed by atoms with E-state index in [0.29, 0.717) is 13.2 Å². The first-order valence-corrected chi connectivity index (χ1v) is 15.0. The second-order valence-electron chi connectivity index (χ2n) is 10.4. The standard InChI is InChI=1S/C29H59NO4/c31-23-15-11-7-3-1-5-9-13-18-29(19-14-10-6-2-4-8-12-16-24-32)28-34-25-17-20-30-21-26-33-27-22-30/h29,31-32H,1-28H2. The molecular weight excluding hydrogens is 426 g/mol. The van der Waals surface area contributed by atoms with E-state index in [1.165, 1.54) is 103 Å². The summed E-state index contributed by atoms with van der Waals surface area (Å²) in [5.74, 6) is 0.734. The zero-order valence-electron chi connectivity index (χ0n) is 22.5. The van der Waals surface area contributed by atoms with Crippen LogP contribution in [0.2, 0.25) is 0 Å². The van der Waals surface area contributed by atoms with E-state index in [1.54, 1.807) is 0 Å². The molecule has 204 valence electrons. The molecule has 1 saturated heterocycles. The van der Waals surface area contributed by atoms with Gasteiger partial charge in [-0.05, 0) is 38.0 Å². The van der Waals surface area contributed by atoms with Gasteiger partial charge in [0.05, 0.1) is 13.2 Å². The fraction of sp³-hybridized carbons (Fsp3) is 1.00. The zero-order valence-corrected chi connectivity index (χ0v) is 22.5. The molecule has 0 atom stereocenters. The SMILES string of the molecule is OCCCCCCCCCCC(CCCCCCCCCCO)COCCCN1CCOCC1. The van der Waals surface area contributed by atoms with Crippen molar-refractivity contribution in [3.63, 3.8) is 0 Å². The van der Waals surface area contributed by atoms with Gasteiger partial charge in [0.2, 0.25) is 0 Å². The summed E-state index contributed by atoms with van der Waals surface area (Å²) in [6, 6.07) is 0. The number of aliphatic hydroxyl groups is 2. The summed E-state index contributed by atoms with van der Waals surface area (Å²) in [4.78, 5) is 2.50. The highest BCUT2D eigenvalue weighted by molar-refractivity contribution is 4.63. The lowest BCUT2D eigenvalue weighted by molar-refractivity contribution is 0.0292. The topological polar surface area (TPSA) is 62.2 Å².